The predicted molar refractivity (Wildman–Crippen MR) is 76.0 cm³/mol. The summed E-state index contributed by atoms with van der Waals surface area (Å²) in [7, 11) is -4.30. The summed E-state index contributed by atoms with van der Waals surface area (Å²) in [6.07, 6.45) is -3.49. The van der Waals surface area contributed by atoms with E-state index in [2.05, 4.69) is 4.90 Å². The molecular formula is C13H23F3N2O3S. The summed E-state index contributed by atoms with van der Waals surface area (Å²) in [5, 5.41) is -2.34. The molecule has 2 rings (SSSR count). The van der Waals surface area contributed by atoms with Crippen LogP contribution in [-0.2, 0) is 14.8 Å². The molecule has 2 fully saturated rings. The standard InChI is InChI=1S/C13H23F3N2O3S/c1-11(13(14,15)16)22(19,20)18-4-2-12(3-5-18)10-17-6-8-21-9-7-17/h11-12H,2-10H2,1H3. The van der Waals surface area contributed by atoms with Gasteiger partial charge < -0.3 is 4.74 Å². The molecule has 5 nitrogen and oxygen atoms in total. The highest BCUT2D eigenvalue weighted by atomic mass is 32.2. The van der Waals surface area contributed by atoms with E-state index >= 15 is 0 Å². The fraction of sp³-hybridized carbons (Fsp3) is 1.00. The van der Waals surface area contributed by atoms with Crippen LogP contribution < -0.4 is 0 Å². The number of sulfonamides is 1. The van der Waals surface area contributed by atoms with Crippen LogP contribution in [0.25, 0.3) is 0 Å². The summed E-state index contributed by atoms with van der Waals surface area (Å²) in [6, 6.07) is 0. The second-order valence-electron chi connectivity index (χ2n) is 5.98. The van der Waals surface area contributed by atoms with Crippen molar-refractivity contribution in [2.45, 2.75) is 31.2 Å². The highest BCUT2D eigenvalue weighted by Gasteiger charge is 2.48. The third-order valence-electron chi connectivity index (χ3n) is 4.46. The third kappa shape index (κ3) is 4.33. The first-order valence-electron chi connectivity index (χ1n) is 7.57. The van der Waals surface area contributed by atoms with Crippen molar-refractivity contribution in [3.8, 4) is 0 Å². The minimum Gasteiger partial charge on any atom is -0.379 e. The number of nitrogens with zero attached hydrogens (tertiary/aromatic N) is 2. The molecule has 0 radical (unpaired) electrons. The Morgan fingerprint density at radius 3 is 2.18 bits per heavy atom. The lowest BCUT2D eigenvalue weighted by Crippen LogP contribution is -2.49. The lowest BCUT2D eigenvalue weighted by Gasteiger charge is -2.36. The zero-order valence-corrected chi connectivity index (χ0v) is 13.5. The minimum atomic E-state index is -4.72. The smallest absolute Gasteiger partial charge is 0.379 e. The molecule has 130 valence electrons. The first kappa shape index (κ1) is 18.0. The van der Waals surface area contributed by atoms with Crippen LogP contribution in [0.3, 0.4) is 0 Å². The summed E-state index contributed by atoms with van der Waals surface area (Å²) in [6.45, 7) is 5.08. The Kier molecular flexibility index (Phi) is 5.73. The molecule has 2 heterocycles. The average molecular weight is 344 g/mol. The molecule has 2 aliphatic rings. The van der Waals surface area contributed by atoms with Gasteiger partial charge in [-0.15, -0.1) is 0 Å². The molecule has 2 aliphatic heterocycles. The highest BCUT2D eigenvalue weighted by molar-refractivity contribution is 7.89. The Morgan fingerprint density at radius 2 is 1.68 bits per heavy atom. The maximum Gasteiger partial charge on any atom is 0.406 e. The Bertz CT molecular complexity index is 456. The molecule has 0 aromatic rings. The second-order valence-corrected chi connectivity index (χ2v) is 8.24. The first-order chi connectivity index (χ1) is 10.2. The van der Waals surface area contributed by atoms with Gasteiger partial charge >= 0.3 is 6.18 Å². The Morgan fingerprint density at radius 1 is 1.14 bits per heavy atom. The van der Waals surface area contributed by atoms with Gasteiger partial charge in [-0.3, -0.25) is 4.90 Å². The van der Waals surface area contributed by atoms with Crippen LogP contribution in [0, 0.1) is 5.92 Å². The first-order valence-corrected chi connectivity index (χ1v) is 9.07. The number of rotatable bonds is 4. The molecule has 1 unspecified atom stereocenters. The van der Waals surface area contributed by atoms with Gasteiger partial charge in [0.2, 0.25) is 10.0 Å². The minimum absolute atomic E-state index is 0.178. The van der Waals surface area contributed by atoms with Crippen LogP contribution >= 0.6 is 0 Å². The molecule has 9 heteroatoms. The summed E-state index contributed by atoms with van der Waals surface area (Å²) < 4.78 is 68.3. The number of morpholine rings is 1. The fourth-order valence-corrected chi connectivity index (χ4v) is 4.39. The topological polar surface area (TPSA) is 49.9 Å². The number of piperidine rings is 1. The van der Waals surface area contributed by atoms with E-state index in [1.54, 1.807) is 0 Å². The maximum absolute atomic E-state index is 12.7. The van der Waals surface area contributed by atoms with E-state index in [-0.39, 0.29) is 13.1 Å². The van der Waals surface area contributed by atoms with Crippen molar-refractivity contribution in [1.82, 2.24) is 9.21 Å². The van der Waals surface area contributed by atoms with Crippen LogP contribution in [0.1, 0.15) is 19.8 Å². The van der Waals surface area contributed by atoms with E-state index in [4.69, 9.17) is 4.74 Å². The summed E-state index contributed by atoms with van der Waals surface area (Å²) in [4.78, 5) is 2.27. The monoisotopic (exact) mass is 344 g/mol. The van der Waals surface area contributed by atoms with Gasteiger partial charge in [-0.1, -0.05) is 0 Å². The lowest BCUT2D eigenvalue weighted by atomic mass is 9.97. The van der Waals surface area contributed by atoms with Gasteiger partial charge in [-0.25, -0.2) is 12.7 Å². The number of hydrogen-bond acceptors (Lipinski definition) is 4. The van der Waals surface area contributed by atoms with E-state index in [1.165, 1.54) is 0 Å². The van der Waals surface area contributed by atoms with Crippen molar-refractivity contribution in [3.05, 3.63) is 0 Å². The normalized spacial score (nSPS) is 25.3. The Balaban J connectivity index is 1.86. The van der Waals surface area contributed by atoms with Crippen molar-refractivity contribution in [2.75, 3.05) is 45.9 Å². The van der Waals surface area contributed by atoms with E-state index in [9.17, 15) is 21.6 Å². The molecule has 0 spiro atoms. The maximum atomic E-state index is 12.7. The fourth-order valence-electron chi connectivity index (χ4n) is 2.89. The molecule has 0 saturated carbocycles. The van der Waals surface area contributed by atoms with Gasteiger partial charge in [0.05, 0.1) is 13.2 Å². The van der Waals surface area contributed by atoms with Crippen LogP contribution in [-0.4, -0.2) is 75.0 Å². The van der Waals surface area contributed by atoms with Crippen LogP contribution in [0.2, 0.25) is 0 Å². The summed E-state index contributed by atoms with van der Waals surface area (Å²) >= 11 is 0. The third-order valence-corrected chi connectivity index (χ3v) is 6.71. The Hall–Kier alpha value is -0.380. The van der Waals surface area contributed by atoms with Gasteiger partial charge in [0.25, 0.3) is 0 Å². The molecule has 2 saturated heterocycles. The van der Waals surface area contributed by atoms with E-state index in [0.717, 1.165) is 30.9 Å². The SMILES string of the molecule is CC(C(F)(F)F)S(=O)(=O)N1CCC(CN2CCOCC2)CC1. The summed E-state index contributed by atoms with van der Waals surface area (Å²) in [5.74, 6) is 0.339. The van der Waals surface area contributed by atoms with Gasteiger partial charge in [-0.05, 0) is 25.7 Å². The van der Waals surface area contributed by atoms with Crippen molar-refractivity contribution in [3.63, 3.8) is 0 Å². The quantitative estimate of drug-likeness (QED) is 0.772. The zero-order chi connectivity index (χ0) is 16.4. The molecule has 0 aromatic carbocycles. The van der Waals surface area contributed by atoms with E-state index in [1.807, 2.05) is 0 Å². The highest BCUT2D eigenvalue weighted by Crippen LogP contribution is 2.30. The molecule has 1 atom stereocenters. The molecule has 22 heavy (non-hydrogen) atoms. The van der Waals surface area contributed by atoms with E-state index in [0.29, 0.717) is 32.0 Å². The number of hydrogen-bond donors (Lipinski definition) is 0. The van der Waals surface area contributed by atoms with Gasteiger partial charge in [0, 0.05) is 32.7 Å². The largest absolute Gasteiger partial charge is 0.406 e. The van der Waals surface area contributed by atoms with Gasteiger partial charge in [0.15, 0.2) is 5.25 Å². The molecule has 0 aliphatic carbocycles. The van der Waals surface area contributed by atoms with Gasteiger partial charge in [0.1, 0.15) is 0 Å². The van der Waals surface area contributed by atoms with Crippen molar-refractivity contribution in [1.29, 1.82) is 0 Å². The van der Waals surface area contributed by atoms with Crippen molar-refractivity contribution < 1.29 is 26.3 Å². The lowest BCUT2D eigenvalue weighted by molar-refractivity contribution is -0.127. The molecule has 0 N–H and O–H groups in total. The number of alkyl halides is 3. The summed E-state index contributed by atoms with van der Waals surface area (Å²) in [5.41, 5.74) is 0. The van der Waals surface area contributed by atoms with Crippen molar-refractivity contribution in [2.24, 2.45) is 5.92 Å². The van der Waals surface area contributed by atoms with Crippen LogP contribution in [0.4, 0.5) is 13.2 Å². The Labute approximate surface area is 129 Å². The molecule has 0 amide bonds. The van der Waals surface area contributed by atoms with Crippen LogP contribution in [0.5, 0.6) is 0 Å². The van der Waals surface area contributed by atoms with E-state index < -0.39 is 21.4 Å². The molecule has 0 aromatic heterocycles. The zero-order valence-electron chi connectivity index (χ0n) is 12.7. The number of ether oxygens (including phenoxy) is 1. The van der Waals surface area contributed by atoms with Crippen LogP contribution in [0.15, 0.2) is 0 Å². The van der Waals surface area contributed by atoms with Gasteiger partial charge in [-0.2, -0.15) is 13.2 Å². The number of halogens is 3. The average Bonchev–Trinajstić information content (AvgIpc) is 2.47. The molecular weight excluding hydrogens is 321 g/mol. The molecule has 0 bridgehead atoms. The predicted octanol–water partition coefficient (Wildman–Crippen LogP) is 1.31. The van der Waals surface area contributed by atoms with Crippen molar-refractivity contribution >= 4 is 10.0 Å². The second kappa shape index (κ2) is 7.02.